The van der Waals surface area contributed by atoms with Crippen molar-refractivity contribution in [2.75, 3.05) is 12.4 Å². The lowest BCUT2D eigenvalue weighted by Crippen LogP contribution is -2.18. The minimum atomic E-state index is -0.114. The SMILES string of the molecule is CC(C)(C)N=C(N)SCCOc1ccccc1. The molecular formula is C13H20N2OS. The largest absolute Gasteiger partial charge is 0.493 e. The number of thioether (sulfide) groups is 1. The van der Waals surface area contributed by atoms with E-state index >= 15 is 0 Å². The smallest absolute Gasteiger partial charge is 0.154 e. The van der Waals surface area contributed by atoms with Gasteiger partial charge in [0, 0.05) is 5.75 Å². The number of amidine groups is 1. The van der Waals surface area contributed by atoms with Crippen LogP contribution >= 0.6 is 11.8 Å². The predicted octanol–water partition coefficient (Wildman–Crippen LogP) is 2.91. The van der Waals surface area contributed by atoms with Crippen LogP contribution in [0.25, 0.3) is 0 Å². The quantitative estimate of drug-likeness (QED) is 0.509. The summed E-state index contributed by atoms with van der Waals surface area (Å²) in [5.74, 6) is 1.69. The second-order valence-electron chi connectivity index (χ2n) is 4.63. The van der Waals surface area contributed by atoms with Gasteiger partial charge in [-0.1, -0.05) is 30.0 Å². The fourth-order valence-electron chi connectivity index (χ4n) is 1.19. The van der Waals surface area contributed by atoms with Gasteiger partial charge >= 0.3 is 0 Å². The Kier molecular flexibility index (Phi) is 5.35. The van der Waals surface area contributed by atoms with E-state index in [1.54, 1.807) is 0 Å². The van der Waals surface area contributed by atoms with Gasteiger partial charge < -0.3 is 10.5 Å². The number of para-hydroxylation sites is 1. The Labute approximate surface area is 107 Å². The van der Waals surface area contributed by atoms with Gasteiger partial charge in [0.05, 0.1) is 12.1 Å². The van der Waals surface area contributed by atoms with Crippen molar-refractivity contribution in [2.24, 2.45) is 10.7 Å². The van der Waals surface area contributed by atoms with Crippen LogP contribution in [0.15, 0.2) is 35.3 Å². The zero-order valence-electron chi connectivity index (χ0n) is 10.6. The standard InChI is InChI=1S/C13H20N2OS/c1-13(2,3)15-12(14)17-10-9-16-11-7-5-4-6-8-11/h4-8H,9-10H2,1-3H3,(H2,14,15). The average Bonchev–Trinajstić information content (AvgIpc) is 2.23. The van der Waals surface area contributed by atoms with Crippen LogP contribution in [0, 0.1) is 0 Å². The van der Waals surface area contributed by atoms with E-state index in [9.17, 15) is 0 Å². The third kappa shape index (κ3) is 6.89. The van der Waals surface area contributed by atoms with Crippen molar-refractivity contribution >= 4 is 16.9 Å². The molecule has 0 unspecified atom stereocenters. The summed E-state index contributed by atoms with van der Waals surface area (Å²) in [5, 5.41) is 0.620. The summed E-state index contributed by atoms with van der Waals surface area (Å²) in [6.45, 7) is 6.72. The molecule has 2 N–H and O–H groups in total. The lowest BCUT2D eigenvalue weighted by molar-refractivity contribution is 0.344. The van der Waals surface area contributed by atoms with Crippen molar-refractivity contribution < 1.29 is 4.74 Å². The third-order valence-corrected chi connectivity index (χ3v) is 2.55. The first-order valence-electron chi connectivity index (χ1n) is 5.63. The van der Waals surface area contributed by atoms with Gasteiger partial charge in [-0.15, -0.1) is 0 Å². The number of hydrogen-bond acceptors (Lipinski definition) is 3. The molecular weight excluding hydrogens is 232 g/mol. The molecule has 0 aliphatic rings. The first-order chi connectivity index (χ1) is 7.97. The number of ether oxygens (including phenoxy) is 1. The second kappa shape index (κ2) is 6.55. The van der Waals surface area contributed by atoms with E-state index in [4.69, 9.17) is 10.5 Å². The monoisotopic (exact) mass is 252 g/mol. The fraction of sp³-hybridized carbons (Fsp3) is 0.462. The summed E-state index contributed by atoms with van der Waals surface area (Å²) in [7, 11) is 0. The number of aliphatic imine (C=N–C) groups is 1. The maximum absolute atomic E-state index is 5.80. The van der Waals surface area contributed by atoms with Crippen LogP contribution in [-0.4, -0.2) is 23.1 Å². The number of rotatable bonds is 4. The number of benzene rings is 1. The van der Waals surface area contributed by atoms with Gasteiger partial charge in [-0.2, -0.15) is 0 Å². The molecule has 0 atom stereocenters. The van der Waals surface area contributed by atoms with E-state index in [2.05, 4.69) is 4.99 Å². The molecule has 94 valence electrons. The van der Waals surface area contributed by atoms with Crippen molar-refractivity contribution in [3.05, 3.63) is 30.3 Å². The molecule has 0 spiro atoms. The molecule has 1 rings (SSSR count). The molecule has 1 aromatic carbocycles. The van der Waals surface area contributed by atoms with E-state index in [1.165, 1.54) is 11.8 Å². The molecule has 0 aliphatic carbocycles. The highest BCUT2D eigenvalue weighted by atomic mass is 32.2. The molecule has 0 aromatic heterocycles. The Balaban J connectivity index is 2.23. The van der Waals surface area contributed by atoms with Crippen molar-refractivity contribution in [1.29, 1.82) is 0 Å². The fourth-order valence-corrected chi connectivity index (χ4v) is 1.90. The average molecular weight is 252 g/mol. The molecule has 0 heterocycles. The Morgan fingerprint density at radius 1 is 1.29 bits per heavy atom. The number of nitrogens with zero attached hydrogens (tertiary/aromatic N) is 1. The van der Waals surface area contributed by atoms with Crippen LogP contribution in [-0.2, 0) is 0 Å². The van der Waals surface area contributed by atoms with Gasteiger partial charge in [0.1, 0.15) is 5.75 Å². The zero-order chi connectivity index (χ0) is 12.7. The summed E-state index contributed by atoms with van der Waals surface area (Å²) in [4.78, 5) is 4.36. The summed E-state index contributed by atoms with van der Waals surface area (Å²) in [5.41, 5.74) is 5.68. The molecule has 0 saturated heterocycles. The van der Waals surface area contributed by atoms with Crippen molar-refractivity contribution in [1.82, 2.24) is 0 Å². The zero-order valence-corrected chi connectivity index (χ0v) is 11.5. The second-order valence-corrected chi connectivity index (χ2v) is 5.75. The first-order valence-corrected chi connectivity index (χ1v) is 6.62. The number of hydrogen-bond donors (Lipinski definition) is 1. The Hall–Kier alpha value is -1.16. The molecule has 0 aliphatic heterocycles. The highest BCUT2D eigenvalue weighted by Gasteiger charge is 2.08. The molecule has 0 saturated carbocycles. The van der Waals surface area contributed by atoms with E-state index in [0.717, 1.165) is 11.5 Å². The molecule has 17 heavy (non-hydrogen) atoms. The minimum absolute atomic E-state index is 0.114. The van der Waals surface area contributed by atoms with E-state index in [0.29, 0.717) is 11.8 Å². The molecule has 0 fully saturated rings. The summed E-state index contributed by atoms with van der Waals surface area (Å²) in [6.07, 6.45) is 0. The first kappa shape index (κ1) is 13.9. The Bertz CT molecular complexity index is 357. The van der Waals surface area contributed by atoms with Crippen LogP contribution in [0.1, 0.15) is 20.8 Å². The Morgan fingerprint density at radius 3 is 2.53 bits per heavy atom. The van der Waals surface area contributed by atoms with E-state index in [-0.39, 0.29) is 5.54 Å². The topological polar surface area (TPSA) is 47.6 Å². The molecule has 0 radical (unpaired) electrons. The predicted molar refractivity (Wildman–Crippen MR) is 75.8 cm³/mol. The lowest BCUT2D eigenvalue weighted by atomic mass is 10.1. The highest BCUT2D eigenvalue weighted by molar-refractivity contribution is 8.13. The van der Waals surface area contributed by atoms with Crippen molar-refractivity contribution in [3.63, 3.8) is 0 Å². The van der Waals surface area contributed by atoms with Gasteiger partial charge in [0.15, 0.2) is 5.17 Å². The molecule has 0 amide bonds. The van der Waals surface area contributed by atoms with Gasteiger partial charge in [0.25, 0.3) is 0 Å². The Morgan fingerprint density at radius 2 is 1.94 bits per heavy atom. The third-order valence-electron chi connectivity index (χ3n) is 1.79. The van der Waals surface area contributed by atoms with E-state index in [1.807, 2.05) is 51.1 Å². The van der Waals surface area contributed by atoms with Crippen molar-refractivity contribution in [2.45, 2.75) is 26.3 Å². The number of nitrogens with two attached hydrogens (primary N) is 1. The van der Waals surface area contributed by atoms with Crippen LogP contribution in [0.3, 0.4) is 0 Å². The molecule has 4 heteroatoms. The normalized spacial score (nSPS) is 12.5. The molecule has 0 bridgehead atoms. The van der Waals surface area contributed by atoms with Crippen LogP contribution in [0.2, 0.25) is 0 Å². The van der Waals surface area contributed by atoms with Crippen LogP contribution in [0.4, 0.5) is 0 Å². The lowest BCUT2D eigenvalue weighted by Gasteiger charge is -2.13. The molecule has 3 nitrogen and oxygen atoms in total. The summed E-state index contributed by atoms with van der Waals surface area (Å²) < 4.78 is 5.56. The maximum atomic E-state index is 5.80. The molecule has 1 aromatic rings. The van der Waals surface area contributed by atoms with E-state index < -0.39 is 0 Å². The minimum Gasteiger partial charge on any atom is -0.493 e. The van der Waals surface area contributed by atoms with Gasteiger partial charge in [-0.3, -0.25) is 4.99 Å². The van der Waals surface area contributed by atoms with Gasteiger partial charge in [-0.25, -0.2) is 0 Å². The van der Waals surface area contributed by atoms with Gasteiger partial charge in [-0.05, 0) is 32.9 Å². The summed E-state index contributed by atoms with van der Waals surface area (Å²) >= 11 is 1.53. The maximum Gasteiger partial charge on any atom is 0.154 e. The van der Waals surface area contributed by atoms with Crippen molar-refractivity contribution in [3.8, 4) is 5.75 Å². The van der Waals surface area contributed by atoms with Gasteiger partial charge in [0.2, 0.25) is 0 Å². The highest BCUT2D eigenvalue weighted by Crippen LogP contribution is 2.12. The summed E-state index contributed by atoms with van der Waals surface area (Å²) in [6, 6.07) is 9.76. The van der Waals surface area contributed by atoms with Crippen LogP contribution in [0.5, 0.6) is 5.75 Å². The van der Waals surface area contributed by atoms with Crippen LogP contribution < -0.4 is 10.5 Å².